The molecule has 102 valence electrons. The highest BCUT2D eigenvalue weighted by molar-refractivity contribution is 9.10. The SMILES string of the molecule is CC(CNCc1ccnn1C)Oc1cccc(Br)c1. The molecule has 19 heavy (non-hydrogen) atoms. The monoisotopic (exact) mass is 323 g/mol. The summed E-state index contributed by atoms with van der Waals surface area (Å²) in [7, 11) is 1.94. The molecule has 0 radical (unpaired) electrons. The quantitative estimate of drug-likeness (QED) is 0.888. The Labute approximate surface area is 121 Å². The van der Waals surface area contributed by atoms with Crippen LogP contribution in [0.1, 0.15) is 12.6 Å². The molecule has 0 saturated carbocycles. The Balaban J connectivity index is 1.76. The molecular weight excluding hydrogens is 306 g/mol. The van der Waals surface area contributed by atoms with E-state index in [2.05, 4.69) is 33.3 Å². The lowest BCUT2D eigenvalue weighted by Gasteiger charge is -2.15. The number of aryl methyl sites for hydroxylation is 1. The van der Waals surface area contributed by atoms with Crippen molar-refractivity contribution in [2.45, 2.75) is 19.6 Å². The van der Waals surface area contributed by atoms with Crippen molar-refractivity contribution >= 4 is 15.9 Å². The first-order chi connectivity index (χ1) is 9.15. The van der Waals surface area contributed by atoms with Gasteiger partial charge in [0.1, 0.15) is 11.9 Å². The Morgan fingerprint density at radius 3 is 2.95 bits per heavy atom. The maximum absolute atomic E-state index is 5.83. The van der Waals surface area contributed by atoms with Gasteiger partial charge in [-0.2, -0.15) is 5.10 Å². The predicted molar refractivity (Wildman–Crippen MR) is 79.1 cm³/mol. The van der Waals surface area contributed by atoms with E-state index in [1.54, 1.807) is 6.20 Å². The third-order valence-electron chi connectivity index (χ3n) is 2.79. The molecule has 0 aliphatic carbocycles. The van der Waals surface area contributed by atoms with Crippen molar-refractivity contribution in [1.82, 2.24) is 15.1 Å². The molecule has 0 spiro atoms. The van der Waals surface area contributed by atoms with Gasteiger partial charge in [-0.05, 0) is 31.2 Å². The van der Waals surface area contributed by atoms with Gasteiger partial charge in [0.25, 0.3) is 0 Å². The molecule has 1 aromatic carbocycles. The third-order valence-corrected chi connectivity index (χ3v) is 3.29. The van der Waals surface area contributed by atoms with Crippen LogP contribution in [0.25, 0.3) is 0 Å². The van der Waals surface area contributed by atoms with E-state index in [0.29, 0.717) is 0 Å². The summed E-state index contributed by atoms with van der Waals surface area (Å²) in [5, 5.41) is 7.50. The van der Waals surface area contributed by atoms with Gasteiger partial charge in [-0.3, -0.25) is 4.68 Å². The minimum atomic E-state index is 0.113. The summed E-state index contributed by atoms with van der Waals surface area (Å²) < 4.78 is 8.73. The van der Waals surface area contributed by atoms with Crippen LogP contribution in [0, 0.1) is 0 Å². The van der Waals surface area contributed by atoms with Gasteiger partial charge in [0.05, 0.1) is 5.69 Å². The van der Waals surface area contributed by atoms with Gasteiger partial charge in [0, 0.05) is 30.8 Å². The fraction of sp³-hybridized carbons (Fsp3) is 0.357. The first-order valence-corrected chi connectivity index (χ1v) is 7.04. The van der Waals surface area contributed by atoms with Crippen LogP contribution in [0.2, 0.25) is 0 Å². The number of ether oxygens (including phenoxy) is 1. The molecule has 1 N–H and O–H groups in total. The first kappa shape index (κ1) is 14.1. The predicted octanol–water partition coefficient (Wildman–Crippen LogP) is 2.74. The van der Waals surface area contributed by atoms with E-state index < -0.39 is 0 Å². The van der Waals surface area contributed by atoms with E-state index in [-0.39, 0.29) is 6.10 Å². The topological polar surface area (TPSA) is 39.1 Å². The number of nitrogens with one attached hydrogen (secondary N) is 1. The van der Waals surface area contributed by atoms with Crippen molar-refractivity contribution in [3.8, 4) is 5.75 Å². The van der Waals surface area contributed by atoms with Crippen LogP contribution in [0.5, 0.6) is 5.75 Å². The number of hydrogen-bond acceptors (Lipinski definition) is 3. The third kappa shape index (κ3) is 4.36. The smallest absolute Gasteiger partial charge is 0.120 e. The van der Waals surface area contributed by atoms with Crippen molar-refractivity contribution in [1.29, 1.82) is 0 Å². The summed E-state index contributed by atoms with van der Waals surface area (Å²) in [6.07, 6.45) is 1.92. The largest absolute Gasteiger partial charge is 0.489 e. The van der Waals surface area contributed by atoms with Crippen molar-refractivity contribution in [3.63, 3.8) is 0 Å². The Morgan fingerprint density at radius 1 is 1.42 bits per heavy atom. The zero-order valence-electron chi connectivity index (χ0n) is 11.1. The number of nitrogens with zero attached hydrogens (tertiary/aromatic N) is 2. The van der Waals surface area contributed by atoms with Gasteiger partial charge < -0.3 is 10.1 Å². The number of benzene rings is 1. The van der Waals surface area contributed by atoms with Gasteiger partial charge in [0.2, 0.25) is 0 Å². The zero-order valence-corrected chi connectivity index (χ0v) is 12.7. The summed E-state index contributed by atoms with van der Waals surface area (Å²) in [4.78, 5) is 0. The first-order valence-electron chi connectivity index (χ1n) is 6.25. The van der Waals surface area contributed by atoms with Crippen LogP contribution < -0.4 is 10.1 Å². The lowest BCUT2D eigenvalue weighted by molar-refractivity contribution is 0.216. The minimum absolute atomic E-state index is 0.113. The fourth-order valence-corrected chi connectivity index (χ4v) is 2.17. The van der Waals surface area contributed by atoms with Crippen molar-refractivity contribution in [3.05, 3.63) is 46.7 Å². The van der Waals surface area contributed by atoms with Crippen molar-refractivity contribution < 1.29 is 4.74 Å². The van der Waals surface area contributed by atoms with E-state index in [9.17, 15) is 0 Å². The van der Waals surface area contributed by atoms with Crippen LogP contribution in [0.3, 0.4) is 0 Å². The Kier molecular flexibility index (Phi) is 4.99. The van der Waals surface area contributed by atoms with Crippen LogP contribution in [-0.4, -0.2) is 22.4 Å². The fourth-order valence-electron chi connectivity index (χ4n) is 1.79. The molecule has 4 nitrogen and oxygen atoms in total. The summed E-state index contributed by atoms with van der Waals surface area (Å²) in [5.41, 5.74) is 1.16. The van der Waals surface area contributed by atoms with Gasteiger partial charge >= 0.3 is 0 Å². The highest BCUT2D eigenvalue weighted by atomic mass is 79.9. The van der Waals surface area contributed by atoms with E-state index in [0.717, 1.165) is 29.0 Å². The second-order valence-corrected chi connectivity index (χ2v) is 5.38. The molecule has 1 aromatic heterocycles. The van der Waals surface area contributed by atoms with Gasteiger partial charge in [-0.15, -0.1) is 0 Å². The molecule has 1 unspecified atom stereocenters. The maximum atomic E-state index is 5.83. The van der Waals surface area contributed by atoms with E-state index in [4.69, 9.17) is 4.74 Å². The minimum Gasteiger partial charge on any atom is -0.489 e. The van der Waals surface area contributed by atoms with Crippen LogP contribution in [-0.2, 0) is 13.6 Å². The van der Waals surface area contributed by atoms with Gasteiger partial charge in [0.15, 0.2) is 0 Å². The van der Waals surface area contributed by atoms with Crippen molar-refractivity contribution in [2.24, 2.45) is 7.05 Å². The average Bonchev–Trinajstić information content (AvgIpc) is 2.75. The lowest BCUT2D eigenvalue weighted by atomic mass is 10.3. The van der Waals surface area contributed by atoms with E-state index in [1.165, 1.54) is 0 Å². The Morgan fingerprint density at radius 2 is 2.26 bits per heavy atom. The number of hydrogen-bond donors (Lipinski definition) is 1. The van der Waals surface area contributed by atoms with Crippen LogP contribution in [0.4, 0.5) is 0 Å². The highest BCUT2D eigenvalue weighted by Gasteiger charge is 2.05. The second-order valence-electron chi connectivity index (χ2n) is 4.46. The Hall–Kier alpha value is -1.33. The molecule has 0 aliphatic heterocycles. The number of rotatable bonds is 6. The summed E-state index contributed by atoms with van der Waals surface area (Å²) >= 11 is 3.43. The van der Waals surface area contributed by atoms with E-state index in [1.807, 2.05) is 42.1 Å². The molecule has 0 bridgehead atoms. The summed E-state index contributed by atoms with van der Waals surface area (Å²) in [6, 6.07) is 9.89. The van der Waals surface area contributed by atoms with Crippen LogP contribution in [0.15, 0.2) is 41.0 Å². The molecule has 5 heteroatoms. The van der Waals surface area contributed by atoms with Crippen LogP contribution >= 0.6 is 15.9 Å². The molecule has 0 amide bonds. The zero-order chi connectivity index (χ0) is 13.7. The van der Waals surface area contributed by atoms with E-state index >= 15 is 0 Å². The molecular formula is C14H18BrN3O. The second kappa shape index (κ2) is 6.73. The summed E-state index contributed by atoms with van der Waals surface area (Å²) in [5.74, 6) is 0.879. The molecule has 2 rings (SSSR count). The molecule has 0 saturated heterocycles. The molecule has 1 atom stereocenters. The van der Waals surface area contributed by atoms with Gasteiger partial charge in [-0.25, -0.2) is 0 Å². The molecule has 0 fully saturated rings. The molecule has 2 aromatic rings. The molecule has 1 heterocycles. The molecule has 0 aliphatic rings. The standard InChI is InChI=1S/C14H18BrN3O/c1-11(19-14-5-3-4-12(15)8-14)9-16-10-13-6-7-17-18(13)2/h3-8,11,16H,9-10H2,1-2H3. The maximum Gasteiger partial charge on any atom is 0.120 e. The average molecular weight is 324 g/mol. The lowest BCUT2D eigenvalue weighted by Crippen LogP contribution is -2.29. The normalized spacial score (nSPS) is 12.4. The highest BCUT2D eigenvalue weighted by Crippen LogP contribution is 2.18. The number of aromatic nitrogens is 2. The Bertz CT molecular complexity index is 527. The van der Waals surface area contributed by atoms with Crippen molar-refractivity contribution in [2.75, 3.05) is 6.54 Å². The summed E-state index contributed by atoms with van der Waals surface area (Å²) in [6.45, 7) is 3.64. The number of halogens is 1. The van der Waals surface area contributed by atoms with Gasteiger partial charge in [-0.1, -0.05) is 22.0 Å².